The van der Waals surface area contributed by atoms with E-state index in [1.807, 2.05) is 18.2 Å². The first-order valence-electron chi connectivity index (χ1n) is 9.86. The average molecular weight is 351 g/mol. The Morgan fingerprint density at radius 1 is 1.04 bits per heavy atom. The van der Waals surface area contributed by atoms with E-state index in [4.69, 9.17) is 0 Å². The van der Waals surface area contributed by atoms with Crippen molar-refractivity contribution < 1.29 is 10.2 Å². The van der Waals surface area contributed by atoms with Gasteiger partial charge in [0.25, 0.3) is 0 Å². The number of benzene rings is 2. The van der Waals surface area contributed by atoms with E-state index in [1.165, 1.54) is 24.0 Å². The average Bonchev–Trinajstić information content (AvgIpc) is 3.12. The van der Waals surface area contributed by atoms with Crippen molar-refractivity contribution in [1.82, 2.24) is 4.90 Å². The highest BCUT2D eigenvalue weighted by molar-refractivity contribution is 5.36. The van der Waals surface area contributed by atoms with Crippen molar-refractivity contribution in [3.05, 3.63) is 70.3 Å². The van der Waals surface area contributed by atoms with Gasteiger partial charge in [0.1, 0.15) is 0 Å². The lowest BCUT2D eigenvalue weighted by Gasteiger charge is -2.40. The summed E-state index contributed by atoms with van der Waals surface area (Å²) in [6, 6.07) is 14.6. The van der Waals surface area contributed by atoms with Gasteiger partial charge in [0.15, 0.2) is 0 Å². The molecule has 0 saturated carbocycles. The molecule has 0 aromatic heterocycles. The molecule has 1 atom stereocenters. The fourth-order valence-corrected chi connectivity index (χ4v) is 4.62. The largest absolute Gasteiger partial charge is 0.387 e. The summed E-state index contributed by atoms with van der Waals surface area (Å²) in [4.78, 5) is 2.28. The van der Waals surface area contributed by atoms with Gasteiger partial charge in [-0.3, -0.25) is 0 Å². The van der Waals surface area contributed by atoms with E-state index in [9.17, 15) is 10.2 Å². The van der Waals surface area contributed by atoms with Crippen LogP contribution >= 0.6 is 0 Å². The zero-order valence-electron chi connectivity index (χ0n) is 15.6. The van der Waals surface area contributed by atoms with E-state index in [0.717, 1.165) is 49.0 Å². The van der Waals surface area contributed by atoms with E-state index >= 15 is 0 Å². The number of β-amino-alcohol motifs (C(OH)–C–C–N with tert-alkyl or cyclic N) is 1. The van der Waals surface area contributed by atoms with Crippen LogP contribution in [0.25, 0.3) is 0 Å². The molecule has 1 heterocycles. The fraction of sp³-hybridized carbons (Fsp3) is 0.478. The molecule has 2 aliphatic rings. The smallest absolute Gasteiger partial charge is 0.0923 e. The molecule has 3 nitrogen and oxygen atoms in total. The number of hydrogen-bond acceptors (Lipinski definition) is 3. The SMILES string of the molecule is Cc1ccccc1C1(O)CCN(CC(O)c2ccc3c(c2)CCC3)CC1. The number of rotatable bonds is 4. The third-order valence-corrected chi connectivity index (χ3v) is 6.27. The van der Waals surface area contributed by atoms with Crippen LogP contribution in [-0.2, 0) is 18.4 Å². The Labute approximate surface area is 156 Å². The van der Waals surface area contributed by atoms with Crippen LogP contribution in [0.5, 0.6) is 0 Å². The van der Waals surface area contributed by atoms with E-state index in [2.05, 4.69) is 36.1 Å². The van der Waals surface area contributed by atoms with Gasteiger partial charge in [0, 0.05) is 19.6 Å². The summed E-state index contributed by atoms with van der Waals surface area (Å²) in [5.74, 6) is 0. The summed E-state index contributed by atoms with van der Waals surface area (Å²) in [7, 11) is 0. The van der Waals surface area contributed by atoms with Crippen LogP contribution in [0.4, 0.5) is 0 Å². The molecule has 4 rings (SSSR count). The van der Waals surface area contributed by atoms with Gasteiger partial charge in [-0.25, -0.2) is 0 Å². The molecule has 26 heavy (non-hydrogen) atoms. The lowest BCUT2D eigenvalue weighted by Crippen LogP contribution is -2.44. The minimum atomic E-state index is -0.736. The highest BCUT2D eigenvalue weighted by Crippen LogP contribution is 2.35. The number of nitrogens with zero attached hydrogens (tertiary/aromatic N) is 1. The highest BCUT2D eigenvalue weighted by atomic mass is 16.3. The minimum absolute atomic E-state index is 0.453. The van der Waals surface area contributed by atoms with Crippen LogP contribution in [0.1, 0.15) is 53.2 Å². The number of aliphatic hydroxyl groups excluding tert-OH is 1. The zero-order chi connectivity index (χ0) is 18.1. The summed E-state index contributed by atoms with van der Waals surface area (Å²) in [6.45, 7) is 4.33. The Morgan fingerprint density at radius 2 is 1.77 bits per heavy atom. The topological polar surface area (TPSA) is 43.7 Å². The normalized spacial score (nSPS) is 20.7. The first kappa shape index (κ1) is 17.7. The van der Waals surface area contributed by atoms with Gasteiger partial charge in [-0.15, -0.1) is 0 Å². The second-order valence-electron chi connectivity index (χ2n) is 8.04. The van der Waals surface area contributed by atoms with Gasteiger partial charge in [-0.1, -0.05) is 42.5 Å². The van der Waals surface area contributed by atoms with Gasteiger partial charge in [0.2, 0.25) is 0 Å². The highest BCUT2D eigenvalue weighted by Gasteiger charge is 2.35. The summed E-state index contributed by atoms with van der Waals surface area (Å²) in [6.07, 6.45) is 4.53. The van der Waals surface area contributed by atoms with Crippen molar-refractivity contribution in [3.63, 3.8) is 0 Å². The third-order valence-electron chi connectivity index (χ3n) is 6.27. The molecule has 0 amide bonds. The molecule has 1 aliphatic carbocycles. The molecule has 0 radical (unpaired) electrons. The second kappa shape index (κ2) is 7.15. The summed E-state index contributed by atoms with van der Waals surface area (Å²) in [5, 5.41) is 21.8. The molecule has 0 spiro atoms. The Bertz CT molecular complexity index is 778. The standard InChI is InChI=1S/C23H29NO2/c1-17-5-2-3-8-21(17)23(26)11-13-24(14-12-23)16-22(25)20-10-9-18-6-4-7-19(18)15-20/h2-3,5,8-10,15,22,25-26H,4,6-7,11-14,16H2,1H3. The predicted octanol–water partition coefficient (Wildman–Crippen LogP) is 3.50. The number of hydrogen-bond donors (Lipinski definition) is 2. The van der Waals surface area contributed by atoms with Gasteiger partial charge in [0.05, 0.1) is 11.7 Å². The summed E-state index contributed by atoms with van der Waals surface area (Å²) < 4.78 is 0. The number of aliphatic hydroxyl groups is 2. The van der Waals surface area contributed by atoms with E-state index < -0.39 is 11.7 Å². The molecule has 1 saturated heterocycles. The molecule has 0 bridgehead atoms. The molecule has 1 unspecified atom stereocenters. The molecule has 1 fully saturated rings. The van der Waals surface area contributed by atoms with Crippen molar-refractivity contribution in [2.45, 2.75) is 50.7 Å². The third kappa shape index (κ3) is 3.44. The maximum Gasteiger partial charge on any atom is 0.0923 e. The number of piperidine rings is 1. The molecule has 2 N–H and O–H groups in total. The minimum Gasteiger partial charge on any atom is -0.387 e. The first-order chi connectivity index (χ1) is 12.5. The van der Waals surface area contributed by atoms with Gasteiger partial charge in [-0.2, -0.15) is 0 Å². The van der Waals surface area contributed by atoms with Crippen molar-refractivity contribution in [1.29, 1.82) is 0 Å². The van der Waals surface area contributed by atoms with Crippen LogP contribution in [0.15, 0.2) is 42.5 Å². The van der Waals surface area contributed by atoms with Crippen LogP contribution in [0.3, 0.4) is 0 Å². The molecule has 3 heteroatoms. The van der Waals surface area contributed by atoms with E-state index in [1.54, 1.807) is 0 Å². The maximum absolute atomic E-state index is 11.1. The van der Waals surface area contributed by atoms with Crippen LogP contribution in [0, 0.1) is 6.92 Å². The molecule has 2 aromatic rings. The van der Waals surface area contributed by atoms with Crippen LogP contribution < -0.4 is 0 Å². The summed E-state index contributed by atoms with van der Waals surface area (Å²) in [5.41, 5.74) is 5.36. The number of likely N-dealkylation sites (tertiary alicyclic amines) is 1. The van der Waals surface area contributed by atoms with E-state index in [-0.39, 0.29) is 0 Å². The molecule has 1 aliphatic heterocycles. The van der Waals surface area contributed by atoms with Crippen molar-refractivity contribution in [2.75, 3.05) is 19.6 Å². The lowest BCUT2D eigenvalue weighted by atomic mass is 9.82. The van der Waals surface area contributed by atoms with Gasteiger partial charge in [-0.05, 0) is 66.8 Å². The van der Waals surface area contributed by atoms with Crippen molar-refractivity contribution in [2.24, 2.45) is 0 Å². The molecular formula is C23H29NO2. The molecule has 138 valence electrons. The molecule has 2 aromatic carbocycles. The number of aryl methyl sites for hydroxylation is 3. The summed E-state index contributed by atoms with van der Waals surface area (Å²) >= 11 is 0. The van der Waals surface area contributed by atoms with Gasteiger partial charge >= 0.3 is 0 Å². The van der Waals surface area contributed by atoms with Crippen molar-refractivity contribution >= 4 is 0 Å². The van der Waals surface area contributed by atoms with Crippen molar-refractivity contribution in [3.8, 4) is 0 Å². The quantitative estimate of drug-likeness (QED) is 0.886. The predicted molar refractivity (Wildman–Crippen MR) is 104 cm³/mol. The molecular weight excluding hydrogens is 322 g/mol. The Kier molecular flexibility index (Phi) is 4.87. The van der Waals surface area contributed by atoms with Crippen LogP contribution in [-0.4, -0.2) is 34.7 Å². The monoisotopic (exact) mass is 351 g/mol. The van der Waals surface area contributed by atoms with Gasteiger partial charge < -0.3 is 15.1 Å². The zero-order valence-corrected chi connectivity index (χ0v) is 15.6. The van der Waals surface area contributed by atoms with E-state index in [0.29, 0.717) is 6.54 Å². The second-order valence-corrected chi connectivity index (χ2v) is 8.04. The first-order valence-corrected chi connectivity index (χ1v) is 9.86. The number of fused-ring (bicyclic) bond motifs is 1. The van der Waals surface area contributed by atoms with Crippen LogP contribution in [0.2, 0.25) is 0 Å². The Balaban J connectivity index is 1.38. The Hall–Kier alpha value is -1.68. The lowest BCUT2D eigenvalue weighted by molar-refractivity contribution is -0.0348. The maximum atomic E-state index is 11.1. The fourth-order valence-electron chi connectivity index (χ4n) is 4.62. The Morgan fingerprint density at radius 3 is 2.54 bits per heavy atom.